The molecular weight excluding hydrogens is 462 g/mol. The van der Waals surface area contributed by atoms with Gasteiger partial charge < -0.3 is 19.7 Å². The minimum Gasteiger partial charge on any atom is -0.504 e. The van der Waals surface area contributed by atoms with Crippen LogP contribution in [-0.4, -0.2) is 53.1 Å². The zero-order valence-corrected chi connectivity index (χ0v) is 22.3. The van der Waals surface area contributed by atoms with Crippen molar-refractivity contribution in [3.63, 3.8) is 0 Å². The summed E-state index contributed by atoms with van der Waals surface area (Å²) >= 11 is 0. The highest BCUT2D eigenvalue weighted by atomic mass is 16.6. The molecule has 2 aliphatic heterocycles. The monoisotopic (exact) mass is 501 g/mol. The highest BCUT2D eigenvalue weighted by molar-refractivity contribution is 5.63. The molecule has 9 rings (SSSR count). The van der Waals surface area contributed by atoms with Crippen LogP contribution in [0.25, 0.3) is 0 Å². The van der Waals surface area contributed by atoms with Crippen LogP contribution in [0.1, 0.15) is 67.7 Å². The van der Waals surface area contributed by atoms with Gasteiger partial charge in [0.2, 0.25) is 0 Å². The molecule has 2 spiro atoms. The van der Waals surface area contributed by atoms with E-state index in [0.717, 1.165) is 50.1 Å². The minimum atomic E-state index is -1.06. The summed E-state index contributed by atoms with van der Waals surface area (Å²) in [5.41, 5.74) is 2.91. The van der Waals surface area contributed by atoms with Crippen LogP contribution in [-0.2, 0) is 22.2 Å². The van der Waals surface area contributed by atoms with Crippen LogP contribution in [0.5, 0.6) is 11.5 Å². The van der Waals surface area contributed by atoms with Crippen LogP contribution in [0.4, 0.5) is 0 Å². The first-order valence-corrected chi connectivity index (χ1v) is 14.4. The quantitative estimate of drug-likeness (QED) is 0.614. The highest BCUT2D eigenvalue weighted by Crippen LogP contribution is 2.78. The molecule has 4 bridgehead atoms. The van der Waals surface area contributed by atoms with Gasteiger partial charge in [0.05, 0.1) is 5.60 Å². The molecule has 1 saturated heterocycles. The van der Waals surface area contributed by atoms with Crippen LogP contribution >= 0.6 is 0 Å². The Kier molecular flexibility index (Phi) is 4.39. The van der Waals surface area contributed by atoms with E-state index in [2.05, 4.69) is 42.2 Å². The van der Waals surface area contributed by atoms with Crippen molar-refractivity contribution in [3.8, 4) is 11.5 Å². The number of aromatic hydroxyl groups is 1. The largest absolute Gasteiger partial charge is 0.504 e. The number of aryl methyl sites for hydroxylation is 1. The van der Waals surface area contributed by atoms with Gasteiger partial charge in [-0.1, -0.05) is 35.9 Å². The molecule has 4 saturated carbocycles. The fraction of sp³-hybridized carbons (Fsp3) is 0.625. The van der Waals surface area contributed by atoms with Gasteiger partial charge in [0.15, 0.2) is 11.5 Å². The molecule has 5 fully saturated rings. The lowest BCUT2D eigenvalue weighted by molar-refractivity contribution is -0.304. The Hall–Kier alpha value is -2.08. The molecule has 37 heavy (non-hydrogen) atoms. The summed E-state index contributed by atoms with van der Waals surface area (Å²) in [5, 5.41) is 23.5. The van der Waals surface area contributed by atoms with Gasteiger partial charge in [-0.15, -0.1) is 0 Å². The number of phenolic OH excluding ortho intramolecular Hbond substituents is 1. The predicted molar refractivity (Wildman–Crippen MR) is 141 cm³/mol. The van der Waals surface area contributed by atoms with Crippen LogP contribution < -0.4 is 4.74 Å². The van der Waals surface area contributed by atoms with E-state index < -0.39 is 11.2 Å². The molecule has 7 aliphatic rings. The Balaban J connectivity index is 1.34. The second kappa shape index (κ2) is 7.11. The van der Waals surface area contributed by atoms with Crippen LogP contribution in [0.15, 0.2) is 36.4 Å². The molecule has 0 amide bonds. The zero-order valence-electron chi connectivity index (χ0n) is 22.3. The normalized spacial score (nSPS) is 40.7. The average molecular weight is 502 g/mol. The molecule has 2 aromatic carbocycles. The molecule has 196 valence electrons. The summed E-state index contributed by atoms with van der Waals surface area (Å²) in [7, 11) is 1.82. The van der Waals surface area contributed by atoms with Gasteiger partial charge in [0.1, 0.15) is 11.7 Å². The Bertz CT molecular complexity index is 1280. The van der Waals surface area contributed by atoms with Crippen molar-refractivity contribution in [2.75, 3.05) is 20.2 Å². The number of benzene rings is 2. The lowest BCUT2D eigenvalue weighted by Gasteiger charge is -2.75. The number of piperidine rings is 1. The highest BCUT2D eigenvalue weighted by Gasteiger charge is 2.82. The summed E-state index contributed by atoms with van der Waals surface area (Å²) in [6.07, 6.45) is 7.44. The first-order valence-electron chi connectivity index (χ1n) is 14.4. The van der Waals surface area contributed by atoms with E-state index in [1.165, 1.54) is 36.1 Å². The van der Waals surface area contributed by atoms with Gasteiger partial charge in [-0.25, -0.2) is 0 Å². The van der Waals surface area contributed by atoms with E-state index in [4.69, 9.17) is 9.47 Å². The molecule has 0 unspecified atom stereocenters. The fourth-order valence-electron chi connectivity index (χ4n) is 10.1. The number of likely N-dealkylation sites (tertiary alicyclic amines) is 1. The number of nitrogens with zero attached hydrogens (tertiary/aromatic N) is 1. The van der Waals surface area contributed by atoms with Crippen molar-refractivity contribution in [3.05, 3.63) is 58.7 Å². The number of aliphatic hydroxyl groups is 1. The number of methoxy groups -OCH3 is 1. The molecule has 2 N–H and O–H groups in total. The lowest BCUT2D eigenvalue weighted by atomic mass is 9.33. The van der Waals surface area contributed by atoms with E-state index in [0.29, 0.717) is 11.8 Å². The van der Waals surface area contributed by atoms with E-state index in [9.17, 15) is 10.2 Å². The minimum absolute atomic E-state index is 0.00349. The van der Waals surface area contributed by atoms with Crippen molar-refractivity contribution in [1.29, 1.82) is 0 Å². The number of hydrogen-bond donors (Lipinski definition) is 2. The molecule has 5 heteroatoms. The third kappa shape index (κ3) is 2.57. The molecule has 5 nitrogen and oxygen atoms in total. The van der Waals surface area contributed by atoms with Gasteiger partial charge in [0.25, 0.3) is 0 Å². The topological polar surface area (TPSA) is 62.2 Å². The standard InChI is InChI=1S/C32H39NO4/c1-19-4-9-22(10-5-19)29(2,35)24-17-30-12-13-32(24,36-3)28-31(30)14-15-33(18-20-6-7-20)25(30)16-21-8-11-23(34)27(37-28)26(21)31/h4-5,8-11,20,24-25,28,34-35H,6-7,12-18H2,1-3H3/t24-,25-,28-,29-,30-,31+,32-/m1/s1. The number of phenols is 1. The smallest absolute Gasteiger partial charge is 0.165 e. The third-order valence-electron chi connectivity index (χ3n) is 12.0. The molecule has 7 atom stereocenters. The SMILES string of the molecule is CO[C@]12CC[C@@]3(C[C@@H]1[C@](C)(O)c1ccc(C)cc1)[C@H]1Cc4ccc(O)c5c4[C@@]3(CCN1CC1CC1)[C@H]2O5. The van der Waals surface area contributed by atoms with Crippen molar-refractivity contribution in [2.45, 2.75) is 87.6 Å². The molecule has 2 heterocycles. The molecule has 0 radical (unpaired) electrons. The van der Waals surface area contributed by atoms with E-state index in [-0.39, 0.29) is 28.6 Å². The average Bonchev–Trinajstić information content (AvgIpc) is 3.64. The maximum atomic E-state index is 12.4. The Morgan fingerprint density at radius 2 is 1.89 bits per heavy atom. The first kappa shape index (κ1) is 22.9. The number of rotatable bonds is 5. The van der Waals surface area contributed by atoms with Crippen LogP contribution in [0.3, 0.4) is 0 Å². The van der Waals surface area contributed by atoms with Crippen molar-refractivity contribution in [2.24, 2.45) is 17.3 Å². The maximum absolute atomic E-state index is 12.4. The van der Waals surface area contributed by atoms with Crippen molar-refractivity contribution < 1.29 is 19.7 Å². The summed E-state index contributed by atoms with van der Waals surface area (Å²) in [4.78, 5) is 2.82. The Morgan fingerprint density at radius 1 is 1.11 bits per heavy atom. The Labute approximate surface area is 219 Å². The second-order valence-electron chi connectivity index (χ2n) is 13.4. The fourth-order valence-corrected chi connectivity index (χ4v) is 10.1. The van der Waals surface area contributed by atoms with Gasteiger partial charge in [0, 0.05) is 42.0 Å². The number of hydrogen-bond acceptors (Lipinski definition) is 5. The first-order chi connectivity index (χ1) is 17.8. The second-order valence-corrected chi connectivity index (χ2v) is 13.4. The van der Waals surface area contributed by atoms with E-state index in [1.54, 1.807) is 0 Å². The van der Waals surface area contributed by atoms with Gasteiger partial charge in [-0.05, 0) is 88.4 Å². The van der Waals surface area contributed by atoms with E-state index >= 15 is 0 Å². The molecule has 0 aromatic heterocycles. The number of ether oxygens (including phenoxy) is 2. The van der Waals surface area contributed by atoms with Crippen molar-refractivity contribution in [1.82, 2.24) is 4.90 Å². The molecule has 2 aromatic rings. The van der Waals surface area contributed by atoms with Crippen LogP contribution in [0, 0.1) is 24.2 Å². The third-order valence-corrected chi connectivity index (χ3v) is 12.0. The molecule has 5 aliphatic carbocycles. The van der Waals surface area contributed by atoms with Gasteiger partial charge in [-0.3, -0.25) is 4.90 Å². The van der Waals surface area contributed by atoms with Gasteiger partial charge >= 0.3 is 0 Å². The van der Waals surface area contributed by atoms with Crippen LogP contribution in [0.2, 0.25) is 0 Å². The van der Waals surface area contributed by atoms with Crippen molar-refractivity contribution >= 4 is 0 Å². The zero-order chi connectivity index (χ0) is 25.4. The summed E-state index contributed by atoms with van der Waals surface area (Å²) in [6, 6.07) is 12.8. The Morgan fingerprint density at radius 3 is 2.62 bits per heavy atom. The summed E-state index contributed by atoms with van der Waals surface area (Å²) < 4.78 is 13.5. The maximum Gasteiger partial charge on any atom is 0.165 e. The molecular formula is C32H39NO4. The summed E-state index contributed by atoms with van der Waals surface area (Å²) in [6.45, 7) is 6.36. The van der Waals surface area contributed by atoms with Gasteiger partial charge in [-0.2, -0.15) is 0 Å². The predicted octanol–water partition coefficient (Wildman–Crippen LogP) is 4.83. The summed E-state index contributed by atoms with van der Waals surface area (Å²) in [5.74, 6) is 1.68. The lowest BCUT2D eigenvalue weighted by Crippen LogP contribution is -2.82. The van der Waals surface area contributed by atoms with E-state index in [1.807, 2.05) is 20.1 Å². The number of fused-ring (bicyclic) bond motifs is 2.